The minimum atomic E-state index is -3.29. The average molecular weight is 375 g/mol. The summed E-state index contributed by atoms with van der Waals surface area (Å²) in [4.78, 5) is 0. The van der Waals surface area contributed by atoms with Crippen molar-refractivity contribution in [2.45, 2.75) is 39.0 Å². The van der Waals surface area contributed by atoms with Gasteiger partial charge in [0.25, 0.3) is 0 Å². The Morgan fingerprint density at radius 1 is 1.04 bits per heavy atom. The van der Waals surface area contributed by atoms with E-state index in [-0.39, 0.29) is 11.4 Å². The lowest BCUT2D eigenvalue weighted by Gasteiger charge is -2.16. The summed E-state index contributed by atoms with van der Waals surface area (Å²) in [6.07, 6.45) is 0.897. The van der Waals surface area contributed by atoms with E-state index in [1.165, 1.54) is 5.56 Å². The molecule has 2 aromatic carbocycles. The van der Waals surface area contributed by atoms with E-state index in [0.717, 1.165) is 23.3 Å². The molecule has 140 valence electrons. The maximum Gasteiger partial charge on any atom is 0.213 e. The third-order valence-corrected chi connectivity index (χ3v) is 5.67. The van der Waals surface area contributed by atoms with Gasteiger partial charge in [0.05, 0.1) is 5.75 Å². The lowest BCUT2D eigenvalue weighted by Crippen LogP contribution is -2.31. The standard InChI is InChI=1S/C20H26N2O3S/c1-20(2)13-18-12-17(8-9-19(18)25-20)14-21-10-11-26(23,24)22-15-16-6-4-3-5-7-16/h3-9,12,21-22H,10-11,13-15H2,1-2H3. The summed E-state index contributed by atoms with van der Waals surface area (Å²) in [5.41, 5.74) is 3.16. The van der Waals surface area contributed by atoms with E-state index in [0.29, 0.717) is 19.6 Å². The fourth-order valence-electron chi connectivity index (χ4n) is 3.07. The molecular weight excluding hydrogens is 348 g/mol. The average Bonchev–Trinajstić information content (AvgIpc) is 2.91. The molecule has 0 saturated carbocycles. The number of nitrogens with one attached hydrogen (secondary N) is 2. The molecule has 0 spiro atoms. The van der Waals surface area contributed by atoms with Crippen molar-refractivity contribution >= 4 is 10.0 Å². The van der Waals surface area contributed by atoms with Gasteiger partial charge in [-0.05, 0) is 36.6 Å². The Bertz CT molecular complexity index is 849. The van der Waals surface area contributed by atoms with Crippen molar-refractivity contribution in [1.29, 1.82) is 0 Å². The highest BCUT2D eigenvalue weighted by Gasteiger charge is 2.29. The van der Waals surface area contributed by atoms with Crippen LogP contribution in [-0.2, 0) is 29.5 Å². The summed E-state index contributed by atoms with van der Waals surface area (Å²) < 4.78 is 32.7. The van der Waals surface area contributed by atoms with E-state index in [2.05, 4.69) is 30.0 Å². The zero-order valence-electron chi connectivity index (χ0n) is 15.3. The number of rotatable bonds is 8. The number of ether oxygens (including phenoxy) is 1. The zero-order chi connectivity index (χ0) is 18.6. The molecule has 0 unspecified atom stereocenters. The zero-order valence-corrected chi connectivity index (χ0v) is 16.1. The number of hydrogen-bond acceptors (Lipinski definition) is 4. The van der Waals surface area contributed by atoms with E-state index in [1.807, 2.05) is 42.5 Å². The van der Waals surface area contributed by atoms with Crippen molar-refractivity contribution in [3.8, 4) is 5.75 Å². The van der Waals surface area contributed by atoms with Crippen LogP contribution < -0.4 is 14.8 Å². The topological polar surface area (TPSA) is 67.4 Å². The first-order valence-electron chi connectivity index (χ1n) is 8.86. The molecule has 0 saturated heterocycles. The lowest BCUT2D eigenvalue weighted by molar-refractivity contribution is 0.138. The Hall–Kier alpha value is -1.89. The summed E-state index contributed by atoms with van der Waals surface area (Å²) >= 11 is 0. The van der Waals surface area contributed by atoms with Crippen LogP contribution in [0.15, 0.2) is 48.5 Å². The summed E-state index contributed by atoms with van der Waals surface area (Å²) in [7, 11) is -3.29. The number of fused-ring (bicyclic) bond motifs is 1. The van der Waals surface area contributed by atoms with Crippen LogP contribution in [0.4, 0.5) is 0 Å². The van der Waals surface area contributed by atoms with Gasteiger partial charge < -0.3 is 10.1 Å². The van der Waals surface area contributed by atoms with Crippen LogP contribution in [0.5, 0.6) is 5.75 Å². The second kappa shape index (κ2) is 7.78. The molecule has 1 aliphatic rings. The minimum Gasteiger partial charge on any atom is -0.487 e. The smallest absolute Gasteiger partial charge is 0.213 e. The second-order valence-electron chi connectivity index (χ2n) is 7.28. The van der Waals surface area contributed by atoms with Gasteiger partial charge in [0.15, 0.2) is 0 Å². The lowest BCUT2D eigenvalue weighted by atomic mass is 10.0. The van der Waals surface area contributed by atoms with Gasteiger partial charge >= 0.3 is 0 Å². The molecule has 0 amide bonds. The Balaban J connectivity index is 1.43. The van der Waals surface area contributed by atoms with Gasteiger partial charge in [0.2, 0.25) is 10.0 Å². The molecule has 6 heteroatoms. The molecule has 26 heavy (non-hydrogen) atoms. The van der Waals surface area contributed by atoms with Crippen LogP contribution in [0.2, 0.25) is 0 Å². The fraction of sp³-hybridized carbons (Fsp3) is 0.400. The molecule has 2 N–H and O–H groups in total. The first-order valence-corrected chi connectivity index (χ1v) is 10.5. The Morgan fingerprint density at radius 2 is 1.81 bits per heavy atom. The van der Waals surface area contributed by atoms with E-state index >= 15 is 0 Å². The molecule has 0 bridgehead atoms. The molecular formula is C20H26N2O3S. The summed E-state index contributed by atoms with van der Waals surface area (Å²) in [5, 5.41) is 3.21. The molecule has 1 heterocycles. The highest BCUT2D eigenvalue weighted by atomic mass is 32.2. The molecule has 3 rings (SSSR count). The van der Waals surface area contributed by atoms with Crippen molar-refractivity contribution < 1.29 is 13.2 Å². The van der Waals surface area contributed by atoms with Crippen LogP contribution >= 0.6 is 0 Å². The van der Waals surface area contributed by atoms with Gasteiger partial charge in [-0.15, -0.1) is 0 Å². The monoisotopic (exact) mass is 374 g/mol. The maximum atomic E-state index is 12.1. The predicted octanol–water partition coefficient (Wildman–Crippen LogP) is 2.61. The van der Waals surface area contributed by atoms with Crippen molar-refractivity contribution in [3.05, 3.63) is 65.2 Å². The van der Waals surface area contributed by atoms with E-state index in [1.54, 1.807) is 0 Å². The Labute approximate surface area is 155 Å². The van der Waals surface area contributed by atoms with Crippen molar-refractivity contribution in [1.82, 2.24) is 10.0 Å². The van der Waals surface area contributed by atoms with Crippen molar-refractivity contribution in [2.24, 2.45) is 0 Å². The number of hydrogen-bond donors (Lipinski definition) is 2. The molecule has 5 nitrogen and oxygen atoms in total. The normalized spacial score (nSPS) is 15.5. The Morgan fingerprint density at radius 3 is 2.58 bits per heavy atom. The van der Waals surface area contributed by atoms with Crippen molar-refractivity contribution in [2.75, 3.05) is 12.3 Å². The largest absolute Gasteiger partial charge is 0.487 e. The fourth-order valence-corrected chi connectivity index (χ4v) is 4.02. The van der Waals surface area contributed by atoms with Crippen molar-refractivity contribution in [3.63, 3.8) is 0 Å². The first kappa shape index (κ1) is 18.9. The quantitative estimate of drug-likeness (QED) is 0.697. The third kappa shape index (κ3) is 5.30. The van der Waals surface area contributed by atoms with E-state index < -0.39 is 10.0 Å². The van der Waals surface area contributed by atoms with Gasteiger partial charge in [-0.1, -0.05) is 42.5 Å². The Kier molecular flexibility index (Phi) is 5.65. The summed E-state index contributed by atoms with van der Waals surface area (Å²) in [6, 6.07) is 15.7. The van der Waals surface area contributed by atoms with Crippen LogP contribution in [0.25, 0.3) is 0 Å². The molecule has 0 aliphatic carbocycles. The first-order chi connectivity index (χ1) is 12.3. The number of benzene rings is 2. The van der Waals surface area contributed by atoms with Crippen LogP contribution in [0, 0.1) is 0 Å². The molecule has 0 atom stereocenters. The van der Waals surface area contributed by atoms with E-state index in [9.17, 15) is 8.42 Å². The third-order valence-electron chi connectivity index (χ3n) is 4.34. The summed E-state index contributed by atoms with van der Waals surface area (Å²) in [5.74, 6) is 1.01. The molecule has 0 fully saturated rings. The maximum absolute atomic E-state index is 12.1. The van der Waals surface area contributed by atoms with E-state index in [4.69, 9.17) is 4.74 Å². The van der Waals surface area contributed by atoms with Crippen LogP contribution in [-0.4, -0.2) is 26.3 Å². The highest BCUT2D eigenvalue weighted by molar-refractivity contribution is 7.89. The highest BCUT2D eigenvalue weighted by Crippen LogP contribution is 2.35. The van der Waals surface area contributed by atoms with Gasteiger partial charge in [-0.3, -0.25) is 0 Å². The minimum absolute atomic E-state index is 0.0565. The van der Waals surface area contributed by atoms with Gasteiger partial charge in [0.1, 0.15) is 11.4 Å². The van der Waals surface area contributed by atoms with Gasteiger partial charge in [-0.2, -0.15) is 0 Å². The van der Waals surface area contributed by atoms with Crippen LogP contribution in [0.3, 0.4) is 0 Å². The van der Waals surface area contributed by atoms with Gasteiger partial charge in [0, 0.05) is 26.1 Å². The molecule has 1 aliphatic heterocycles. The molecule has 0 radical (unpaired) electrons. The van der Waals surface area contributed by atoms with Gasteiger partial charge in [-0.25, -0.2) is 13.1 Å². The summed E-state index contributed by atoms with van der Waals surface area (Å²) in [6.45, 7) is 5.53. The molecule has 2 aromatic rings. The SMILES string of the molecule is CC1(C)Cc2cc(CNCCS(=O)(=O)NCc3ccccc3)ccc2O1. The second-order valence-corrected chi connectivity index (χ2v) is 9.21. The van der Waals surface area contributed by atoms with Crippen LogP contribution in [0.1, 0.15) is 30.5 Å². The predicted molar refractivity (Wildman–Crippen MR) is 104 cm³/mol. The number of sulfonamides is 1. The molecule has 0 aromatic heterocycles.